The minimum Gasteiger partial charge on any atom is -0.496 e. The lowest BCUT2D eigenvalue weighted by molar-refractivity contribution is 0.0997. The van der Waals surface area contributed by atoms with Gasteiger partial charge in [0.25, 0.3) is 5.91 Å². The number of nitrogens with zero attached hydrogens (tertiary/aromatic N) is 3. The lowest BCUT2D eigenvalue weighted by Crippen LogP contribution is -2.40. The highest BCUT2D eigenvalue weighted by Gasteiger charge is 2.18. The maximum atomic E-state index is 11.4. The standard InChI is InChI=1S/C17H21N5O2/c1-24-15-8-11(2-3-13(15)17(19)23)14-9-20-10-16(21-14)22-6-4-12(18)5-7-22/h2-3,8-10,12H,4-7,18H2,1H3,(H2,19,23). The zero-order chi connectivity index (χ0) is 17.1. The van der Waals surface area contributed by atoms with Crippen LogP contribution in [0.3, 0.4) is 0 Å². The van der Waals surface area contributed by atoms with Crippen LogP contribution in [0.2, 0.25) is 0 Å². The second-order valence-corrected chi connectivity index (χ2v) is 5.87. The normalized spacial score (nSPS) is 15.3. The molecule has 1 saturated heterocycles. The predicted molar refractivity (Wildman–Crippen MR) is 92.0 cm³/mol. The van der Waals surface area contributed by atoms with Gasteiger partial charge in [0.15, 0.2) is 0 Å². The third kappa shape index (κ3) is 3.30. The van der Waals surface area contributed by atoms with Gasteiger partial charge >= 0.3 is 0 Å². The number of primary amides is 1. The molecule has 1 aromatic heterocycles. The minimum atomic E-state index is -0.525. The smallest absolute Gasteiger partial charge is 0.252 e. The Balaban J connectivity index is 1.90. The third-order valence-electron chi connectivity index (χ3n) is 4.25. The first-order chi connectivity index (χ1) is 11.6. The summed E-state index contributed by atoms with van der Waals surface area (Å²) in [5, 5.41) is 0. The van der Waals surface area contributed by atoms with Crippen LogP contribution in [0.4, 0.5) is 5.82 Å². The van der Waals surface area contributed by atoms with E-state index >= 15 is 0 Å². The molecule has 0 radical (unpaired) electrons. The van der Waals surface area contributed by atoms with Gasteiger partial charge in [-0.15, -0.1) is 0 Å². The van der Waals surface area contributed by atoms with Gasteiger partial charge in [-0.25, -0.2) is 4.98 Å². The molecule has 0 spiro atoms. The molecule has 2 heterocycles. The third-order valence-corrected chi connectivity index (χ3v) is 4.25. The largest absolute Gasteiger partial charge is 0.496 e. The summed E-state index contributed by atoms with van der Waals surface area (Å²) < 4.78 is 5.25. The number of nitrogens with two attached hydrogens (primary N) is 2. The van der Waals surface area contributed by atoms with Crippen LogP contribution in [0.15, 0.2) is 30.6 Å². The zero-order valence-electron chi connectivity index (χ0n) is 13.6. The molecule has 1 amide bonds. The number of benzene rings is 1. The van der Waals surface area contributed by atoms with Crippen LogP contribution in [0, 0.1) is 0 Å². The van der Waals surface area contributed by atoms with Crippen LogP contribution in [0.25, 0.3) is 11.3 Å². The average molecular weight is 327 g/mol. The fraction of sp³-hybridized carbons (Fsp3) is 0.353. The van der Waals surface area contributed by atoms with E-state index in [1.165, 1.54) is 7.11 Å². The summed E-state index contributed by atoms with van der Waals surface area (Å²) in [5.74, 6) is 0.733. The summed E-state index contributed by atoms with van der Waals surface area (Å²) in [6.45, 7) is 1.76. The van der Waals surface area contributed by atoms with Crippen LogP contribution in [0.5, 0.6) is 5.75 Å². The van der Waals surface area contributed by atoms with E-state index in [2.05, 4.69) is 9.88 Å². The molecule has 1 aromatic carbocycles. The molecule has 4 N–H and O–H groups in total. The molecule has 1 fully saturated rings. The molecule has 0 bridgehead atoms. The summed E-state index contributed by atoms with van der Waals surface area (Å²) >= 11 is 0. The van der Waals surface area contributed by atoms with Gasteiger partial charge in [-0.2, -0.15) is 0 Å². The highest BCUT2D eigenvalue weighted by molar-refractivity contribution is 5.96. The number of methoxy groups -OCH3 is 1. The number of amides is 1. The van der Waals surface area contributed by atoms with E-state index in [1.54, 1.807) is 30.6 Å². The maximum absolute atomic E-state index is 11.4. The van der Waals surface area contributed by atoms with Gasteiger partial charge in [0, 0.05) is 24.7 Å². The Labute approximate surface area is 140 Å². The molecular weight excluding hydrogens is 306 g/mol. The molecule has 7 nitrogen and oxygen atoms in total. The van der Waals surface area contributed by atoms with Gasteiger partial charge in [-0.05, 0) is 25.0 Å². The summed E-state index contributed by atoms with van der Waals surface area (Å²) in [5.41, 5.74) is 13.2. The molecule has 0 aliphatic carbocycles. The lowest BCUT2D eigenvalue weighted by atomic mass is 10.1. The monoisotopic (exact) mass is 327 g/mol. The van der Waals surface area contributed by atoms with Crippen LogP contribution < -0.4 is 21.1 Å². The summed E-state index contributed by atoms with van der Waals surface area (Å²) in [6, 6.07) is 5.45. The molecular formula is C17H21N5O2. The lowest BCUT2D eigenvalue weighted by Gasteiger charge is -2.30. The summed E-state index contributed by atoms with van der Waals surface area (Å²) in [6.07, 6.45) is 5.35. The molecule has 126 valence electrons. The van der Waals surface area contributed by atoms with Crippen molar-refractivity contribution < 1.29 is 9.53 Å². The van der Waals surface area contributed by atoms with Crippen molar-refractivity contribution in [2.24, 2.45) is 11.5 Å². The predicted octanol–water partition coefficient (Wildman–Crippen LogP) is 1.18. The fourth-order valence-corrected chi connectivity index (χ4v) is 2.83. The number of carbonyl (C=O) groups is 1. The van der Waals surface area contributed by atoms with Gasteiger partial charge in [0.2, 0.25) is 0 Å². The van der Waals surface area contributed by atoms with Crippen molar-refractivity contribution >= 4 is 11.7 Å². The maximum Gasteiger partial charge on any atom is 0.252 e. The summed E-state index contributed by atoms with van der Waals surface area (Å²) in [7, 11) is 1.50. The topological polar surface area (TPSA) is 107 Å². The SMILES string of the molecule is COc1cc(-c2cncc(N3CCC(N)CC3)n2)ccc1C(N)=O. The van der Waals surface area contributed by atoms with E-state index in [9.17, 15) is 4.79 Å². The average Bonchev–Trinajstić information content (AvgIpc) is 2.61. The van der Waals surface area contributed by atoms with Crippen LogP contribution in [-0.4, -0.2) is 42.1 Å². The molecule has 0 unspecified atom stereocenters. The zero-order valence-corrected chi connectivity index (χ0v) is 13.6. The molecule has 0 saturated carbocycles. The second-order valence-electron chi connectivity index (χ2n) is 5.87. The van der Waals surface area contributed by atoms with Crippen molar-refractivity contribution in [3.63, 3.8) is 0 Å². The number of hydrogen-bond donors (Lipinski definition) is 2. The van der Waals surface area contributed by atoms with E-state index in [0.717, 1.165) is 43.0 Å². The number of rotatable bonds is 4. The van der Waals surface area contributed by atoms with Crippen LogP contribution in [-0.2, 0) is 0 Å². The molecule has 1 aliphatic heterocycles. The van der Waals surface area contributed by atoms with Crippen molar-refractivity contribution in [3.05, 3.63) is 36.2 Å². The van der Waals surface area contributed by atoms with Crippen molar-refractivity contribution in [2.75, 3.05) is 25.1 Å². The minimum absolute atomic E-state index is 0.267. The van der Waals surface area contributed by atoms with E-state index in [1.807, 2.05) is 0 Å². The van der Waals surface area contributed by atoms with Crippen LogP contribution >= 0.6 is 0 Å². The Hall–Kier alpha value is -2.67. The van der Waals surface area contributed by atoms with Gasteiger partial charge in [0.1, 0.15) is 11.6 Å². The Bertz CT molecular complexity index is 742. The molecule has 0 atom stereocenters. The van der Waals surface area contributed by atoms with Gasteiger partial charge in [-0.1, -0.05) is 6.07 Å². The Morgan fingerprint density at radius 2 is 2.04 bits per heavy atom. The first-order valence-corrected chi connectivity index (χ1v) is 7.89. The molecule has 24 heavy (non-hydrogen) atoms. The van der Waals surface area contributed by atoms with Gasteiger partial charge in [-0.3, -0.25) is 9.78 Å². The Kier molecular flexibility index (Phi) is 4.61. The van der Waals surface area contributed by atoms with E-state index in [-0.39, 0.29) is 6.04 Å². The second kappa shape index (κ2) is 6.84. The number of ether oxygens (including phenoxy) is 1. The fourth-order valence-electron chi connectivity index (χ4n) is 2.83. The van der Waals surface area contributed by atoms with Crippen molar-refractivity contribution in [1.82, 2.24) is 9.97 Å². The molecule has 7 heteroatoms. The number of aromatic nitrogens is 2. The van der Waals surface area contributed by atoms with E-state index in [0.29, 0.717) is 11.3 Å². The van der Waals surface area contributed by atoms with Gasteiger partial charge < -0.3 is 21.1 Å². The van der Waals surface area contributed by atoms with E-state index in [4.69, 9.17) is 21.2 Å². The summed E-state index contributed by atoms with van der Waals surface area (Å²) in [4.78, 5) is 22.6. The molecule has 3 rings (SSSR count). The number of hydrogen-bond acceptors (Lipinski definition) is 6. The van der Waals surface area contributed by atoms with Gasteiger partial charge in [0.05, 0.1) is 30.8 Å². The number of carbonyl (C=O) groups excluding carboxylic acids is 1. The Morgan fingerprint density at radius 1 is 1.29 bits per heavy atom. The highest BCUT2D eigenvalue weighted by Crippen LogP contribution is 2.27. The van der Waals surface area contributed by atoms with Crippen molar-refractivity contribution in [2.45, 2.75) is 18.9 Å². The first-order valence-electron chi connectivity index (χ1n) is 7.89. The molecule has 2 aromatic rings. The quantitative estimate of drug-likeness (QED) is 0.873. The first kappa shape index (κ1) is 16.2. The van der Waals surface area contributed by atoms with Crippen molar-refractivity contribution in [3.8, 4) is 17.0 Å². The highest BCUT2D eigenvalue weighted by atomic mass is 16.5. The number of piperidine rings is 1. The van der Waals surface area contributed by atoms with Crippen LogP contribution in [0.1, 0.15) is 23.2 Å². The van der Waals surface area contributed by atoms with E-state index < -0.39 is 5.91 Å². The molecule has 1 aliphatic rings. The Morgan fingerprint density at radius 3 is 2.71 bits per heavy atom. The van der Waals surface area contributed by atoms with Crippen molar-refractivity contribution in [1.29, 1.82) is 0 Å². The number of anilines is 1.